The average molecular weight is 459 g/mol. The van der Waals surface area contributed by atoms with Gasteiger partial charge in [0.2, 0.25) is 0 Å². The van der Waals surface area contributed by atoms with E-state index in [0.717, 1.165) is 40.6 Å². The quantitative estimate of drug-likeness (QED) is 0.695. The Bertz CT molecular complexity index is 878. The molecule has 4 rings (SSSR count). The lowest BCUT2D eigenvalue weighted by Gasteiger charge is -2.38. The predicted octanol–water partition coefficient (Wildman–Crippen LogP) is 5.07. The molecule has 154 valence electrons. The van der Waals surface area contributed by atoms with Gasteiger partial charge in [-0.25, -0.2) is 4.79 Å². The van der Waals surface area contributed by atoms with Crippen LogP contribution >= 0.6 is 15.9 Å². The first-order chi connectivity index (χ1) is 14.1. The highest BCUT2D eigenvalue weighted by Gasteiger charge is 2.34. The molecule has 1 saturated carbocycles. The minimum atomic E-state index is -0.159. The molecule has 1 atom stereocenters. The normalized spacial score (nSPS) is 19.0. The van der Waals surface area contributed by atoms with E-state index in [1.165, 1.54) is 18.4 Å². The van der Waals surface area contributed by atoms with Crippen LogP contribution in [-0.2, 0) is 6.42 Å². The number of benzene rings is 2. The summed E-state index contributed by atoms with van der Waals surface area (Å²) in [4.78, 5) is 15.2. The largest absolute Gasteiger partial charge is 0.493 e. The van der Waals surface area contributed by atoms with E-state index in [-0.39, 0.29) is 12.1 Å². The zero-order valence-corrected chi connectivity index (χ0v) is 18.5. The Labute approximate surface area is 180 Å². The molecule has 2 amide bonds. The van der Waals surface area contributed by atoms with Gasteiger partial charge in [0, 0.05) is 17.1 Å². The SMILES string of the molecule is COc1cc2c(cc1OC)C(c1ccc(Br)cc1)N(C(=O)NC1CCCC1)CC2. The molecule has 6 heteroatoms. The minimum absolute atomic E-state index is 0.0188. The Morgan fingerprint density at radius 1 is 1.07 bits per heavy atom. The average Bonchev–Trinajstić information content (AvgIpc) is 3.25. The van der Waals surface area contributed by atoms with E-state index in [1.54, 1.807) is 14.2 Å². The van der Waals surface area contributed by atoms with Gasteiger partial charge in [-0.05, 0) is 60.2 Å². The van der Waals surface area contributed by atoms with Gasteiger partial charge in [-0.15, -0.1) is 0 Å². The molecule has 1 aliphatic heterocycles. The van der Waals surface area contributed by atoms with Crippen molar-refractivity contribution in [1.29, 1.82) is 0 Å². The molecule has 0 saturated heterocycles. The van der Waals surface area contributed by atoms with E-state index in [4.69, 9.17) is 9.47 Å². The molecule has 5 nitrogen and oxygen atoms in total. The third-order valence-electron chi connectivity index (χ3n) is 6.00. The molecule has 2 aromatic rings. The number of amides is 2. The lowest BCUT2D eigenvalue weighted by atomic mass is 9.88. The Balaban J connectivity index is 1.74. The van der Waals surface area contributed by atoms with Gasteiger partial charge >= 0.3 is 6.03 Å². The number of carbonyl (C=O) groups is 1. The summed E-state index contributed by atoms with van der Waals surface area (Å²) in [6.07, 6.45) is 5.33. The second-order valence-corrected chi connectivity index (χ2v) is 8.65. The van der Waals surface area contributed by atoms with Crippen molar-refractivity contribution in [1.82, 2.24) is 10.2 Å². The summed E-state index contributed by atoms with van der Waals surface area (Å²) < 4.78 is 12.1. The monoisotopic (exact) mass is 458 g/mol. The van der Waals surface area contributed by atoms with Crippen LogP contribution in [0.5, 0.6) is 11.5 Å². The van der Waals surface area contributed by atoms with E-state index in [9.17, 15) is 4.79 Å². The number of halogens is 1. The van der Waals surface area contributed by atoms with Crippen LogP contribution in [0.3, 0.4) is 0 Å². The lowest BCUT2D eigenvalue weighted by Crippen LogP contribution is -2.48. The predicted molar refractivity (Wildman–Crippen MR) is 117 cm³/mol. The fourth-order valence-electron chi connectivity index (χ4n) is 4.50. The molecule has 0 radical (unpaired) electrons. The number of rotatable bonds is 4. The number of nitrogens with one attached hydrogen (secondary N) is 1. The topological polar surface area (TPSA) is 50.8 Å². The number of ether oxygens (including phenoxy) is 2. The molecular weight excluding hydrogens is 432 g/mol. The van der Waals surface area contributed by atoms with Crippen molar-refractivity contribution in [2.75, 3.05) is 20.8 Å². The van der Waals surface area contributed by atoms with Crippen LogP contribution in [0.1, 0.15) is 48.4 Å². The Morgan fingerprint density at radius 3 is 2.38 bits per heavy atom. The zero-order valence-electron chi connectivity index (χ0n) is 16.9. The van der Waals surface area contributed by atoms with Crippen LogP contribution in [0.25, 0.3) is 0 Å². The maximum Gasteiger partial charge on any atom is 0.318 e. The highest BCUT2D eigenvalue weighted by atomic mass is 79.9. The van der Waals surface area contributed by atoms with Gasteiger partial charge in [-0.1, -0.05) is 40.9 Å². The molecular formula is C23H27BrN2O3. The molecule has 1 unspecified atom stereocenters. The molecule has 2 aromatic carbocycles. The van der Waals surface area contributed by atoms with Gasteiger partial charge < -0.3 is 19.7 Å². The summed E-state index contributed by atoms with van der Waals surface area (Å²) in [6, 6.07) is 12.4. The molecule has 1 heterocycles. The molecule has 1 fully saturated rings. The molecule has 0 bridgehead atoms. The van der Waals surface area contributed by atoms with Crippen LogP contribution in [0.4, 0.5) is 4.79 Å². The van der Waals surface area contributed by atoms with Crippen LogP contribution in [0.2, 0.25) is 0 Å². The van der Waals surface area contributed by atoms with Crippen molar-refractivity contribution >= 4 is 22.0 Å². The highest BCUT2D eigenvalue weighted by molar-refractivity contribution is 9.10. The fourth-order valence-corrected chi connectivity index (χ4v) is 4.76. The maximum atomic E-state index is 13.2. The van der Waals surface area contributed by atoms with E-state index in [2.05, 4.69) is 33.4 Å². The number of urea groups is 1. The maximum absolute atomic E-state index is 13.2. The number of nitrogens with zero attached hydrogens (tertiary/aromatic N) is 1. The van der Waals surface area contributed by atoms with Crippen LogP contribution < -0.4 is 14.8 Å². The standard InChI is InChI=1S/C23H27BrN2O3/c1-28-20-13-16-11-12-26(23(27)25-18-5-3-4-6-18)22(19(16)14-21(20)29-2)15-7-9-17(24)10-8-15/h7-10,13-14,18,22H,3-6,11-12H2,1-2H3,(H,25,27). The number of hydrogen-bond acceptors (Lipinski definition) is 3. The summed E-state index contributed by atoms with van der Waals surface area (Å²) in [5.41, 5.74) is 3.38. The molecule has 0 aromatic heterocycles. The van der Waals surface area contributed by atoms with E-state index >= 15 is 0 Å². The van der Waals surface area contributed by atoms with Crippen molar-refractivity contribution in [2.45, 2.75) is 44.2 Å². The van der Waals surface area contributed by atoms with E-state index in [0.29, 0.717) is 18.3 Å². The number of hydrogen-bond donors (Lipinski definition) is 1. The van der Waals surface area contributed by atoms with Gasteiger partial charge in [0.25, 0.3) is 0 Å². The highest BCUT2D eigenvalue weighted by Crippen LogP contribution is 2.41. The van der Waals surface area contributed by atoms with Crippen molar-refractivity contribution < 1.29 is 14.3 Å². The summed E-state index contributed by atoms with van der Waals surface area (Å²) in [5, 5.41) is 3.26. The molecule has 1 aliphatic carbocycles. The molecule has 1 N–H and O–H groups in total. The first kappa shape index (κ1) is 20.1. The molecule has 2 aliphatic rings. The second-order valence-electron chi connectivity index (χ2n) is 7.73. The van der Waals surface area contributed by atoms with Crippen molar-refractivity contribution in [2.24, 2.45) is 0 Å². The van der Waals surface area contributed by atoms with Crippen molar-refractivity contribution in [3.05, 3.63) is 57.6 Å². The Morgan fingerprint density at radius 2 is 1.72 bits per heavy atom. The fraction of sp³-hybridized carbons (Fsp3) is 0.435. The third-order valence-corrected chi connectivity index (χ3v) is 6.53. The van der Waals surface area contributed by atoms with Gasteiger partial charge in [0.05, 0.1) is 20.3 Å². The number of carbonyl (C=O) groups excluding carboxylic acids is 1. The zero-order chi connectivity index (χ0) is 20.4. The first-order valence-electron chi connectivity index (χ1n) is 10.2. The smallest absolute Gasteiger partial charge is 0.318 e. The summed E-state index contributed by atoms with van der Waals surface area (Å²) in [7, 11) is 3.30. The van der Waals surface area contributed by atoms with Gasteiger partial charge in [0.15, 0.2) is 11.5 Å². The third kappa shape index (κ3) is 4.08. The van der Waals surface area contributed by atoms with Gasteiger partial charge in [-0.3, -0.25) is 0 Å². The lowest BCUT2D eigenvalue weighted by molar-refractivity contribution is 0.176. The molecule has 0 spiro atoms. The summed E-state index contributed by atoms with van der Waals surface area (Å²) in [5.74, 6) is 1.41. The van der Waals surface area contributed by atoms with E-state index < -0.39 is 0 Å². The summed E-state index contributed by atoms with van der Waals surface area (Å²) >= 11 is 3.52. The Hall–Kier alpha value is -2.21. The minimum Gasteiger partial charge on any atom is -0.493 e. The van der Waals surface area contributed by atoms with Crippen molar-refractivity contribution in [3.8, 4) is 11.5 Å². The second kappa shape index (κ2) is 8.66. The first-order valence-corrected chi connectivity index (χ1v) is 11.0. The van der Waals surface area contributed by atoms with Crippen LogP contribution in [0.15, 0.2) is 40.9 Å². The number of fused-ring (bicyclic) bond motifs is 1. The Kier molecular flexibility index (Phi) is 5.99. The summed E-state index contributed by atoms with van der Waals surface area (Å²) in [6.45, 7) is 0.668. The van der Waals surface area contributed by atoms with Gasteiger partial charge in [0.1, 0.15) is 0 Å². The van der Waals surface area contributed by atoms with Gasteiger partial charge in [-0.2, -0.15) is 0 Å². The van der Waals surface area contributed by atoms with Crippen LogP contribution in [-0.4, -0.2) is 37.7 Å². The molecule has 29 heavy (non-hydrogen) atoms. The van der Waals surface area contributed by atoms with Crippen LogP contribution in [0, 0.1) is 0 Å². The number of methoxy groups -OCH3 is 2. The van der Waals surface area contributed by atoms with E-state index in [1.807, 2.05) is 29.2 Å². The van der Waals surface area contributed by atoms with Crippen molar-refractivity contribution in [3.63, 3.8) is 0 Å².